The average Bonchev–Trinajstić information content (AvgIpc) is 2.53. The van der Waals surface area contributed by atoms with Crippen LogP contribution in [0.5, 0.6) is 0 Å². The van der Waals surface area contributed by atoms with E-state index in [0.29, 0.717) is 5.92 Å². The second kappa shape index (κ2) is 7.76. The van der Waals surface area contributed by atoms with Gasteiger partial charge in [-0.3, -0.25) is 9.80 Å². The summed E-state index contributed by atoms with van der Waals surface area (Å²) in [5.41, 5.74) is 1.13. The minimum absolute atomic E-state index is 0.264. The van der Waals surface area contributed by atoms with Gasteiger partial charge in [-0.2, -0.15) is 0 Å². The zero-order valence-corrected chi connectivity index (χ0v) is 16.0. The van der Waals surface area contributed by atoms with E-state index < -0.39 is 0 Å². The van der Waals surface area contributed by atoms with Gasteiger partial charge in [0.25, 0.3) is 0 Å². The Kier molecular flexibility index (Phi) is 5.89. The number of likely N-dealkylation sites (tertiary alicyclic amines) is 1. The largest absolute Gasteiger partial charge is 0.378 e. The molecule has 4 nitrogen and oxygen atoms in total. The fourth-order valence-corrected chi connectivity index (χ4v) is 4.81. The molecule has 1 saturated carbocycles. The molecular formula is C20H37N3O. The predicted molar refractivity (Wildman–Crippen MR) is 99.6 cm³/mol. The Hall–Kier alpha value is -0.580. The van der Waals surface area contributed by atoms with Crippen LogP contribution in [-0.4, -0.2) is 71.3 Å². The lowest BCUT2D eigenvalue weighted by Gasteiger charge is -2.49. The molecule has 4 heteroatoms. The quantitative estimate of drug-likeness (QED) is 0.836. The Morgan fingerprint density at radius 2 is 1.54 bits per heavy atom. The highest BCUT2D eigenvalue weighted by Gasteiger charge is 2.37. The van der Waals surface area contributed by atoms with Crippen LogP contribution >= 0.6 is 0 Å². The molecular weight excluding hydrogens is 298 g/mol. The van der Waals surface area contributed by atoms with Crippen LogP contribution in [0.4, 0.5) is 0 Å². The van der Waals surface area contributed by atoms with Gasteiger partial charge >= 0.3 is 0 Å². The molecule has 0 aromatic rings. The number of aliphatic hydroxyl groups excluding tert-OH is 1. The van der Waals surface area contributed by atoms with E-state index in [1.165, 1.54) is 25.7 Å². The third kappa shape index (κ3) is 3.97. The smallest absolute Gasteiger partial charge is 0.113 e. The molecule has 0 amide bonds. The molecule has 1 aliphatic carbocycles. The number of hydrogen-bond donors (Lipinski definition) is 1. The van der Waals surface area contributed by atoms with Crippen molar-refractivity contribution in [3.05, 3.63) is 12.3 Å². The van der Waals surface area contributed by atoms with Gasteiger partial charge in [0.1, 0.15) is 6.23 Å². The van der Waals surface area contributed by atoms with Crippen molar-refractivity contribution < 1.29 is 5.11 Å². The van der Waals surface area contributed by atoms with Gasteiger partial charge in [0.05, 0.1) is 0 Å². The normalized spacial score (nSPS) is 32.0. The standard InChI is InChI=1S/C20H37N3O/c1-15(2)17-5-7-19(8-6-17)21-9-11-22(12-10-21)20(24)18-13-23(14-18)16(3)4/h15,17-20,24H,3,5-14H2,1-2,4H3. The first-order chi connectivity index (χ1) is 11.5. The summed E-state index contributed by atoms with van der Waals surface area (Å²) < 4.78 is 0. The summed E-state index contributed by atoms with van der Waals surface area (Å²) in [4.78, 5) is 7.26. The molecule has 0 radical (unpaired) electrons. The van der Waals surface area contributed by atoms with Gasteiger partial charge in [0.15, 0.2) is 0 Å². The van der Waals surface area contributed by atoms with Crippen molar-refractivity contribution >= 4 is 0 Å². The van der Waals surface area contributed by atoms with Crippen molar-refractivity contribution in [1.29, 1.82) is 0 Å². The van der Waals surface area contributed by atoms with Gasteiger partial charge in [-0.15, -0.1) is 0 Å². The summed E-state index contributed by atoms with van der Waals surface area (Å²) in [5, 5.41) is 10.6. The van der Waals surface area contributed by atoms with Gasteiger partial charge in [-0.05, 0) is 44.4 Å². The molecule has 0 bridgehead atoms. The third-order valence-electron chi connectivity index (χ3n) is 6.79. The number of allylic oxidation sites excluding steroid dienone is 1. The van der Waals surface area contributed by atoms with E-state index in [0.717, 1.165) is 62.8 Å². The Labute approximate surface area is 148 Å². The second-order valence-electron chi connectivity index (χ2n) is 8.70. The Morgan fingerprint density at radius 1 is 0.958 bits per heavy atom. The molecule has 2 heterocycles. The highest BCUT2D eigenvalue weighted by atomic mass is 16.3. The van der Waals surface area contributed by atoms with Crippen LogP contribution in [0.3, 0.4) is 0 Å². The van der Waals surface area contributed by atoms with E-state index in [4.69, 9.17) is 0 Å². The molecule has 0 spiro atoms. The molecule has 1 unspecified atom stereocenters. The van der Waals surface area contributed by atoms with Crippen molar-refractivity contribution in [2.75, 3.05) is 39.3 Å². The molecule has 3 aliphatic rings. The Bertz CT molecular complexity index is 417. The summed E-state index contributed by atoms with van der Waals surface area (Å²) in [6, 6.07) is 0.793. The first kappa shape index (κ1) is 18.2. The van der Waals surface area contributed by atoms with Crippen LogP contribution < -0.4 is 0 Å². The highest BCUT2D eigenvalue weighted by molar-refractivity contribution is 4.99. The Morgan fingerprint density at radius 3 is 2.04 bits per heavy atom. The Balaban J connectivity index is 1.39. The maximum absolute atomic E-state index is 10.6. The van der Waals surface area contributed by atoms with Crippen molar-refractivity contribution in [2.45, 2.75) is 58.7 Å². The summed E-state index contributed by atoms with van der Waals surface area (Å²) >= 11 is 0. The van der Waals surface area contributed by atoms with Crippen molar-refractivity contribution in [1.82, 2.24) is 14.7 Å². The molecule has 3 rings (SSSR count). The van der Waals surface area contributed by atoms with Crippen LogP contribution in [0.25, 0.3) is 0 Å². The maximum Gasteiger partial charge on any atom is 0.113 e. The molecule has 1 N–H and O–H groups in total. The first-order valence-electron chi connectivity index (χ1n) is 10.0. The van der Waals surface area contributed by atoms with Crippen LogP contribution in [0.15, 0.2) is 12.3 Å². The minimum atomic E-state index is -0.264. The molecule has 24 heavy (non-hydrogen) atoms. The summed E-state index contributed by atoms with van der Waals surface area (Å²) in [7, 11) is 0. The lowest BCUT2D eigenvalue weighted by atomic mass is 9.79. The number of rotatable bonds is 5. The zero-order chi connectivity index (χ0) is 17.3. The minimum Gasteiger partial charge on any atom is -0.378 e. The fourth-order valence-electron chi connectivity index (χ4n) is 4.81. The summed E-state index contributed by atoms with van der Waals surface area (Å²) in [5.74, 6) is 2.19. The molecule has 2 saturated heterocycles. The van der Waals surface area contributed by atoms with Gasteiger partial charge < -0.3 is 10.0 Å². The van der Waals surface area contributed by atoms with E-state index >= 15 is 0 Å². The third-order valence-corrected chi connectivity index (χ3v) is 6.79. The molecule has 1 atom stereocenters. The highest BCUT2D eigenvalue weighted by Crippen LogP contribution is 2.33. The monoisotopic (exact) mass is 335 g/mol. The average molecular weight is 336 g/mol. The van der Waals surface area contributed by atoms with Crippen LogP contribution in [0, 0.1) is 17.8 Å². The van der Waals surface area contributed by atoms with Crippen LogP contribution in [0.2, 0.25) is 0 Å². The topological polar surface area (TPSA) is 30.0 Å². The van der Waals surface area contributed by atoms with Gasteiger partial charge in [0.2, 0.25) is 0 Å². The van der Waals surface area contributed by atoms with Gasteiger partial charge in [-0.25, -0.2) is 0 Å². The van der Waals surface area contributed by atoms with E-state index in [1.54, 1.807) is 0 Å². The van der Waals surface area contributed by atoms with E-state index in [1.807, 2.05) is 0 Å². The van der Waals surface area contributed by atoms with Crippen LogP contribution in [-0.2, 0) is 0 Å². The second-order valence-corrected chi connectivity index (χ2v) is 8.70. The first-order valence-corrected chi connectivity index (χ1v) is 10.0. The van der Waals surface area contributed by atoms with Crippen LogP contribution in [0.1, 0.15) is 46.5 Å². The molecule has 3 fully saturated rings. The predicted octanol–water partition coefficient (Wildman–Crippen LogP) is 2.60. The van der Waals surface area contributed by atoms with Gasteiger partial charge in [0, 0.05) is 56.9 Å². The number of piperazine rings is 1. The SMILES string of the molecule is C=C(C)N1CC(C(O)N2CCN(C3CCC(C(C)C)CC3)CC2)C1. The lowest BCUT2D eigenvalue weighted by molar-refractivity contribution is -0.102. The van der Waals surface area contributed by atoms with E-state index in [9.17, 15) is 5.11 Å². The van der Waals surface area contributed by atoms with Crippen molar-refractivity contribution in [2.24, 2.45) is 17.8 Å². The number of nitrogens with zero attached hydrogens (tertiary/aromatic N) is 3. The molecule has 138 valence electrons. The van der Waals surface area contributed by atoms with E-state index in [-0.39, 0.29) is 6.23 Å². The zero-order valence-electron chi connectivity index (χ0n) is 16.0. The lowest BCUT2D eigenvalue weighted by Crippen LogP contribution is -2.60. The van der Waals surface area contributed by atoms with Crippen molar-refractivity contribution in [3.8, 4) is 0 Å². The molecule has 0 aromatic carbocycles. The maximum atomic E-state index is 10.6. The molecule has 2 aliphatic heterocycles. The fraction of sp³-hybridized carbons (Fsp3) is 0.900. The summed E-state index contributed by atoms with van der Waals surface area (Å²) in [6.45, 7) is 17.0. The summed E-state index contributed by atoms with van der Waals surface area (Å²) in [6.07, 6.45) is 5.30. The van der Waals surface area contributed by atoms with E-state index in [2.05, 4.69) is 42.0 Å². The van der Waals surface area contributed by atoms with Crippen molar-refractivity contribution in [3.63, 3.8) is 0 Å². The molecule has 0 aromatic heterocycles. The van der Waals surface area contributed by atoms with Gasteiger partial charge in [-0.1, -0.05) is 20.4 Å². The number of hydrogen-bond acceptors (Lipinski definition) is 4. The number of aliphatic hydroxyl groups is 1.